The third-order valence-electron chi connectivity index (χ3n) is 2.66. The molecule has 0 fully saturated rings. The Balaban J connectivity index is 2.15. The van der Waals surface area contributed by atoms with Crippen molar-refractivity contribution in [1.82, 2.24) is 0 Å². The minimum Gasteiger partial charge on any atom is -0.457 e. The fraction of sp³-hybridized carbons (Fsp3) is 0.235. The van der Waals surface area contributed by atoms with Gasteiger partial charge in [0, 0.05) is 10.0 Å². The topological polar surface area (TPSA) is 44.8 Å². The second-order valence-corrected chi connectivity index (χ2v) is 5.83. The number of hydrogen-bond acceptors (Lipinski definition) is 4. The van der Waals surface area contributed by atoms with Crippen molar-refractivity contribution in [3.8, 4) is 11.5 Å². The summed E-state index contributed by atoms with van der Waals surface area (Å²) in [5.74, 6) is 0.257. The van der Waals surface area contributed by atoms with E-state index in [0.717, 1.165) is 0 Å². The highest BCUT2D eigenvalue weighted by molar-refractivity contribution is 6.30. The fourth-order valence-corrected chi connectivity index (χ4v) is 1.93. The van der Waals surface area contributed by atoms with Gasteiger partial charge in [-0.15, -0.1) is 0 Å². The van der Waals surface area contributed by atoms with E-state index in [1.54, 1.807) is 62.4 Å². The second kappa shape index (κ2) is 8.09. The van der Waals surface area contributed by atoms with Crippen LogP contribution in [0.2, 0.25) is 10.0 Å². The van der Waals surface area contributed by atoms with Crippen molar-refractivity contribution in [3.05, 3.63) is 58.6 Å². The molecule has 2 aromatic carbocycles. The standard InChI is InChI=1S/C17H16Cl2O4/c1-11(2)21-16(20)17(22-14-7-3-12(18)4-8-14)23-15-9-5-13(19)6-10-15/h3-11,17H,1-2H3. The summed E-state index contributed by atoms with van der Waals surface area (Å²) in [6.45, 7) is 3.50. The van der Waals surface area contributed by atoms with Gasteiger partial charge in [-0.3, -0.25) is 0 Å². The van der Waals surface area contributed by atoms with Gasteiger partial charge in [0.1, 0.15) is 11.5 Å². The number of benzene rings is 2. The Bertz CT molecular complexity index is 591. The highest BCUT2D eigenvalue weighted by Gasteiger charge is 2.25. The second-order valence-electron chi connectivity index (χ2n) is 4.96. The molecule has 0 aromatic heterocycles. The Labute approximate surface area is 144 Å². The van der Waals surface area contributed by atoms with Gasteiger partial charge in [0.25, 0.3) is 0 Å². The van der Waals surface area contributed by atoms with E-state index < -0.39 is 12.3 Å². The van der Waals surface area contributed by atoms with E-state index in [9.17, 15) is 4.79 Å². The van der Waals surface area contributed by atoms with Crippen LogP contribution in [0, 0.1) is 0 Å². The van der Waals surface area contributed by atoms with E-state index >= 15 is 0 Å². The zero-order valence-corrected chi connectivity index (χ0v) is 14.2. The number of carbonyl (C=O) groups is 1. The number of hydrogen-bond donors (Lipinski definition) is 0. The molecule has 0 spiro atoms. The number of carbonyl (C=O) groups excluding carboxylic acids is 1. The largest absolute Gasteiger partial charge is 0.457 e. The van der Waals surface area contributed by atoms with Crippen molar-refractivity contribution < 1.29 is 19.0 Å². The van der Waals surface area contributed by atoms with Crippen molar-refractivity contribution in [1.29, 1.82) is 0 Å². The van der Waals surface area contributed by atoms with E-state index in [2.05, 4.69) is 0 Å². The Morgan fingerprint density at radius 1 is 0.826 bits per heavy atom. The molecule has 0 aliphatic heterocycles. The van der Waals surface area contributed by atoms with Gasteiger partial charge in [0.05, 0.1) is 6.10 Å². The van der Waals surface area contributed by atoms with Crippen molar-refractivity contribution >= 4 is 29.2 Å². The third-order valence-corrected chi connectivity index (χ3v) is 3.16. The lowest BCUT2D eigenvalue weighted by Gasteiger charge is -2.20. The summed E-state index contributed by atoms with van der Waals surface area (Å²) in [6.07, 6.45) is -1.52. The number of ether oxygens (including phenoxy) is 3. The molecule has 0 saturated carbocycles. The highest BCUT2D eigenvalue weighted by Crippen LogP contribution is 2.21. The minimum absolute atomic E-state index is 0.285. The minimum atomic E-state index is -1.24. The van der Waals surface area contributed by atoms with Crippen LogP contribution in [0.1, 0.15) is 13.8 Å². The van der Waals surface area contributed by atoms with Crippen LogP contribution in [0.3, 0.4) is 0 Å². The first-order chi connectivity index (χ1) is 10.9. The highest BCUT2D eigenvalue weighted by atomic mass is 35.5. The van der Waals surface area contributed by atoms with Crippen LogP contribution < -0.4 is 9.47 Å². The molecule has 2 aromatic rings. The summed E-state index contributed by atoms with van der Waals surface area (Å²) in [5.41, 5.74) is 0. The molecular weight excluding hydrogens is 339 g/mol. The zero-order chi connectivity index (χ0) is 16.8. The normalized spacial score (nSPS) is 10.7. The third kappa shape index (κ3) is 5.66. The van der Waals surface area contributed by atoms with Crippen LogP contribution in [0.5, 0.6) is 11.5 Å². The van der Waals surface area contributed by atoms with Gasteiger partial charge in [-0.25, -0.2) is 4.79 Å². The van der Waals surface area contributed by atoms with E-state index in [4.69, 9.17) is 37.4 Å². The molecule has 0 unspecified atom stereocenters. The molecule has 4 nitrogen and oxygen atoms in total. The van der Waals surface area contributed by atoms with Crippen molar-refractivity contribution in [3.63, 3.8) is 0 Å². The molecule has 0 aliphatic rings. The van der Waals surface area contributed by atoms with Crippen LogP contribution in [-0.4, -0.2) is 18.4 Å². The monoisotopic (exact) mass is 354 g/mol. The van der Waals surface area contributed by atoms with Gasteiger partial charge >= 0.3 is 12.3 Å². The van der Waals surface area contributed by atoms with Gasteiger partial charge in [-0.05, 0) is 62.4 Å². The number of rotatable bonds is 6. The summed E-state index contributed by atoms with van der Waals surface area (Å²) >= 11 is 11.7. The van der Waals surface area contributed by atoms with Crippen molar-refractivity contribution in [2.24, 2.45) is 0 Å². The van der Waals surface area contributed by atoms with E-state index in [1.807, 2.05) is 0 Å². The van der Waals surface area contributed by atoms with Crippen molar-refractivity contribution in [2.45, 2.75) is 26.2 Å². The smallest absolute Gasteiger partial charge is 0.389 e. The maximum Gasteiger partial charge on any atom is 0.389 e. The molecule has 23 heavy (non-hydrogen) atoms. The Hall–Kier alpha value is -1.91. The molecule has 0 heterocycles. The first kappa shape index (κ1) is 17.4. The molecular formula is C17H16Cl2O4. The lowest BCUT2D eigenvalue weighted by atomic mass is 10.3. The molecule has 122 valence electrons. The Kier molecular flexibility index (Phi) is 6.13. The van der Waals surface area contributed by atoms with E-state index in [-0.39, 0.29) is 6.10 Å². The zero-order valence-electron chi connectivity index (χ0n) is 12.7. The molecule has 2 rings (SSSR count). The van der Waals surface area contributed by atoms with Crippen LogP contribution >= 0.6 is 23.2 Å². The predicted molar refractivity (Wildman–Crippen MR) is 89.2 cm³/mol. The average Bonchev–Trinajstić information content (AvgIpc) is 2.50. The SMILES string of the molecule is CC(C)OC(=O)C(Oc1ccc(Cl)cc1)Oc1ccc(Cl)cc1. The predicted octanol–water partition coefficient (Wildman–Crippen LogP) is 4.73. The summed E-state index contributed by atoms with van der Waals surface area (Å²) in [7, 11) is 0. The van der Waals surface area contributed by atoms with Gasteiger partial charge in [-0.2, -0.15) is 0 Å². The quantitative estimate of drug-likeness (QED) is 0.555. The molecule has 0 saturated heterocycles. The van der Waals surface area contributed by atoms with E-state index in [0.29, 0.717) is 21.5 Å². The lowest BCUT2D eigenvalue weighted by molar-refractivity contribution is -0.169. The van der Waals surface area contributed by atoms with Crippen LogP contribution in [0.4, 0.5) is 0 Å². The molecule has 0 amide bonds. The number of halogens is 2. The maximum absolute atomic E-state index is 12.2. The van der Waals surface area contributed by atoms with E-state index in [1.165, 1.54) is 0 Å². The fourth-order valence-electron chi connectivity index (χ4n) is 1.68. The summed E-state index contributed by atoms with van der Waals surface area (Å²) in [5, 5.41) is 1.13. The molecule has 0 N–H and O–H groups in total. The first-order valence-corrected chi connectivity index (χ1v) is 7.74. The van der Waals surface area contributed by atoms with Crippen LogP contribution in [-0.2, 0) is 9.53 Å². The van der Waals surface area contributed by atoms with Gasteiger partial charge in [0.2, 0.25) is 0 Å². The average molecular weight is 355 g/mol. The lowest BCUT2D eigenvalue weighted by Crippen LogP contribution is -2.36. The van der Waals surface area contributed by atoms with Crippen LogP contribution in [0.15, 0.2) is 48.5 Å². The molecule has 0 bridgehead atoms. The molecule has 0 radical (unpaired) electrons. The summed E-state index contributed by atoms with van der Waals surface area (Å²) < 4.78 is 16.3. The molecule has 0 atom stereocenters. The van der Waals surface area contributed by atoms with Crippen LogP contribution in [0.25, 0.3) is 0 Å². The molecule has 6 heteroatoms. The van der Waals surface area contributed by atoms with Gasteiger partial charge in [0.15, 0.2) is 0 Å². The van der Waals surface area contributed by atoms with Gasteiger partial charge < -0.3 is 14.2 Å². The first-order valence-electron chi connectivity index (χ1n) is 6.99. The Morgan fingerprint density at radius 3 is 1.57 bits per heavy atom. The van der Waals surface area contributed by atoms with Gasteiger partial charge in [-0.1, -0.05) is 23.2 Å². The summed E-state index contributed by atoms with van der Waals surface area (Å²) in [4.78, 5) is 12.2. The maximum atomic E-state index is 12.2. The Morgan fingerprint density at radius 2 is 1.22 bits per heavy atom. The summed E-state index contributed by atoms with van der Waals surface area (Å²) in [6, 6.07) is 13.2. The van der Waals surface area contributed by atoms with Crippen molar-refractivity contribution in [2.75, 3.05) is 0 Å². The molecule has 0 aliphatic carbocycles. The number of esters is 1.